The van der Waals surface area contributed by atoms with Gasteiger partial charge in [-0.15, -0.1) is 0 Å². The van der Waals surface area contributed by atoms with Gasteiger partial charge in [0.25, 0.3) is 0 Å². The number of benzene rings is 1. The van der Waals surface area contributed by atoms with Crippen molar-refractivity contribution in [2.45, 2.75) is 32.4 Å². The summed E-state index contributed by atoms with van der Waals surface area (Å²) in [6.45, 7) is 2.95. The number of hydrogen-bond donors (Lipinski definition) is 0. The number of rotatable bonds is 1. The molecule has 1 aromatic heterocycles. The van der Waals surface area contributed by atoms with Crippen molar-refractivity contribution in [3.05, 3.63) is 28.5 Å². The molecule has 1 atom stereocenters. The molecule has 1 aliphatic rings. The molecule has 2 aromatic rings. The van der Waals surface area contributed by atoms with Gasteiger partial charge in [0.05, 0.1) is 17.4 Å². The maximum atomic E-state index is 5.82. The van der Waals surface area contributed by atoms with Gasteiger partial charge in [-0.2, -0.15) is 0 Å². The van der Waals surface area contributed by atoms with E-state index in [-0.39, 0.29) is 6.23 Å². The van der Waals surface area contributed by atoms with E-state index in [0.29, 0.717) is 0 Å². The number of aryl methyl sites for hydroxylation is 1. The van der Waals surface area contributed by atoms with Gasteiger partial charge in [-0.25, -0.2) is 4.98 Å². The fourth-order valence-electron chi connectivity index (χ4n) is 2.44. The third kappa shape index (κ3) is 2.00. The Morgan fingerprint density at radius 2 is 2.29 bits per heavy atom. The zero-order chi connectivity index (χ0) is 11.8. The largest absolute Gasteiger partial charge is 0.358 e. The highest BCUT2D eigenvalue weighted by Crippen LogP contribution is 2.29. The number of imidazole rings is 1. The van der Waals surface area contributed by atoms with Gasteiger partial charge in [-0.3, -0.25) is 0 Å². The number of halogens is 1. The molecule has 1 fully saturated rings. The van der Waals surface area contributed by atoms with Gasteiger partial charge in [0.2, 0.25) is 0 Å². The molecule has 3 nitrogen and oxygen atoms in total. The molecule has 1 unspecified atom stereocenters. The first-order chi connectivity index (χ1) is 8.25. The van der Waals surface area contributed by atoms with E-state index in [1.807, 2.05) is 6.33 Å². The molecule has 4 heteroatoms. The van der Waals surface area contributed by atoms with Crippen LogP contribution >= 0.6 is 15.9 Å². The summed E-state index contributed by atoms with van der Waals surface area (Å²) in [6.07, 6.45) is 5.54. The van der Waals surface area contributed by atoms with Crippen LogP contribution in [-0.2, 0) is 4.74 Å². The monoisotopic (exact) mass is 294 g/mol. The lowest BCUT2D eigenvalue weighted by Gasteiger charge is -2.24. The van der Waals surface area contributed by atoms with Crippen molar-refractivity contribution < 1.29 is 4.74 Å². The second kappa shape index (κ2) is 4.42. The van der Waals surface area contributed by atoms with Crippen molar-refractivity contribution in [3.63, 3.8) is 0 Å². The minimum Gasteiger partial charge on any atom is -0.358 e. The van der Waals surface area contributed by atoms with Crippen molar-refractivity contribution >= 4 is 27.0 Å². The predicted octanol–water partition coefficient (Wildman–Crippen LogP) is 3.81. The summed E-state index contributed by atoms with van der Waals surface area (Å²) in [7, 11) is 0. The summed E-state index contributed by atoms with van der Waals surface area (Å²) in [5.41, 5.74) is 3.43. The fraction of sp³-hybridized carbons (Fsp3) is 0.462. The molecule has 90 valence electrons. The smallest absolute Gasteiger partial charge is 0.135 e. The van der Waals surface area contributed by atoms with Crippen LogP contribution in [0.4, 0.5) is 0 Å². The Balaban J connectivity index is 2.10. The van der Waals surface area contributed by atoms with E-state index in [9.17, 15) is 0 Å². The van der Waals surface area contributed by atoms with Crippen molar-refractivity contribution in [2.24, 2.45) is 0 Å². The van der Waals surface area contributed by atoms with Gasteiger partial charge in [0.1, 0.15) is 6.23 Å². The van der Waals surface area contributed by atoms with E-state index in [0.717, 1.165) is 28.5 Å². The standard InChI is InChI=1S/C13H15BrN2O/c1-9-6-10(14)7-11-13(9)15-8-16(11)12-4-2-3-5-17-12/h6-8,12H,2-5H2,1H3. The van der Waals surface area contributed by atoms with Crippen LogP contribution < -0.4 is 0 Å². The molecule has 1 aliphatic heterocycles. The molecule has 0 radical (unpaired) electrons. The van der Waals surface area contributed by atoms with Crippen LogP contribution in [0.3, 0.4) is 0 Å². The molecule has 0 bridgehead atoms. The molecule has 17 heavy (non-hydrogen) atoms. The molecule has 0 amide bonds. The summed E-state index contributed by atoms with van der Waals surface area (Å²) in [5.74, 6) is 0. The van der Waals surface area contributed by atoms with E-state index < -0.39 is 0 Å². The number of hydrogen-bond acceptors (Lipinski definition) is 2. The number of aromatic nitrogens is 2. The van der Waals surface area contributed by atoms with Gasteiger partial charge in [-0.1, -0.05) is 15.9 Å². The van der Waals surface area contributed by atoms with Gasteiger partial charge in [-0.05, 0) is 43.9 Å². The Hall–Kier alpha value is -0.870. The first kappa shape index (κ1) is 11.2. The highest BCUT2D eigenvalue weighted by molar-refractivity contribution is 9.10. The average molecular weight is 295 g/mol. The Labute approximate surface area is 109 Å². The summed E-state index contributed by atoms with van der Waals surface area (Å²) in [4.78, 5) is 4.50. The fourth-order valence-corrected chi connectivity index (χ4v) is 3.00. The normalized spacial score (nSPS) is 20.9. The SMILES string of the molecule is Cc1cc(Br)cc2c1ncn2C1CCCCO1. The average Bonchev–Trinajstić information content (AvgIpc) is 2.74. The topological polar surface area (TPSA) is 27.1 Å². The maximum Gasteiger partial charge on any atom is 0.135 e. The van der Waals surface area contributed by atoms with E-state index in [4.69, 9.17) is 4.74 Å². The van der Waals surface area contributed by atoms with Crippen LogP contribution in [0.2, 0.25) is 0 Å². The zero-order valence-electron chi connectivity index (χ0n) is 9.82. The molecule has 2 heterocycles. The third-order valence-electron chi connectivity index (χ3n) is 3.30. The van der Waals surface area contributed by atoms with E-state index >= 15 is 0 Å². The predicted molar refractivity (Wildman–Crippen MR) is 71.0 cm³/mol. The molecule has 0 N–H and O–H groups in total. The van der Waals surface area contributed by atoms with Crippen LogP contribution in [0.25, 0.3) is 11.0 Å². The van der Waals surface area contributed by atoms with Crippen LogP contribution in [0, 0.1) is 6.92 Å². The second-order valence-electron chi connectivity index (χ2n) is 4.56. The summed E-state index contributed by atoms with van der Waals surface area (Å²) < 4.78 is 9.07. The van der Waals surface area contributed by atoms with Crippen LogP contribution in [0.5, 0.6) is 0 Å². The van der Waals surface area contributed by atoms with Crippen LogP contribution in [-0.4, -0.2) is 16.2 Å². The summed E-state index contributed by atoms with van der Waals surface area (Å²) in [5, 5.41) is 0. The molecule has 1 saturated heterocycles. The minimum absolute atomic E-state index is 0.155. The molecular formula is C13H15BrN2O. The summed E-state index contributed by atoms with van der Waals surface area (Å²) in [6, 6.07) is 4.22. The van der Waals surface area contributed by atoms with Crippen molar-refractivity contribution in [2.75, 3.05) is 6.61 Å². The van der Waals surface area contributed by atoms with Gasteiger partial charge in [0.15, 0.2) is 0 Å². The molecule has 3 rings (SSSR count). The molecule has 0 spiro atoms. The number of nitrogens with zero attached hydrogens (tertiary/aromatic N) is 2. The van der Waals surface area contributed by atoms with Gasteiger partial charge in [0, 0.05) is 11.1 Å². The highest BCUT2D eigenvalue weighted by Gasteiger charge is 2.18. The first-order valence-electron chi connectivity index (χ1n) is 6.00. The number of fused-ring (bicyclic) bond motifs is 1. The third-order valence-corrected chi connectivity index (χ3v) is 3.76. The lowest BCUT2D eigenvalue weighted by atomic mass is 10.1. The second-order valence-corrected chi connectivity index (χ2v) is 5.48. The van der Waals surface area contributed by atoms with E-state index in [1.54, 1.807) is 0 Å². The Morgan fingerprint density at radius 1 is 1.41 bits per heavy atom. The Bertz CT molecular complexity index is 544. The molecule has 1 aromatic carbocycles. The van der Waals surface area contributed by atoms with E-state index in [2.05, 4.69) is 44.5 Å². The van der Waals surface area contributed by atoms with Crippen LogP contribution in [0.1, 0.15) is 31.1 Å². The zero-order valence-corrected chi connectivity index (χ0v) is 11.4. The highest BCUT2D eigenvalue weighted by atomic mass is 79.9. The lowest BCUT2D eigenvalue weighted by molar-refractivity contribution is -0.0295. The van der Waals surface area contributed by atoms with Gasteiger partial charge < -0.3 is 9.30 Å². The first-order valence-corrected chi connectivity index (χ1v) is 6.79. The Kier molecular flexibility index (Phi) is 2.92. The minimum atomic E-state index is 0.155. The Morgan fingerprint density at radius 3 is 3.06 bits per heavy atom. The lowest BCUT2D eigenvalue weighted by Crippen LogP contribution is -2.17. The molecule has 0 saturated carbocycles. The molecule has 0 aliphatic carbocycles. The number of ether oxygens (including phenoxy) is 1. The van der Waals surface area contributed by atoms with Crippen LogP contribution in [0.15, 0.2) is 22.9 Å². The quantitative estimate of drug-likeness (QED) is 0.800. The maximum absolute atomic E-state index is 5.82. The van der Waals surface area contributed by atoms with Crippen molar-refractivity contribution in [1.29, 1.82) is 0 Å². The van der Waals surface area contributed by atoms with Gasteiger partial charge >= 0.3 is 0 Å². The summed E-state index contributed by atoms with van der Waals surface area (Å²) >= 11 is 3.54. The molecular weight excluding hydrogens is 280 g/mol. The van der Waals surface area contributed by atoms with Crippen molar-refractivity contribution in [3.8, 4) is 0 Å². The van der Waals surface area contributed by atoms with E-state index in [1.165, 1.54) is 18.4 Å². The van der Waals surface area contributed by atoms with Crippen molar-refractivity contribution in [1.82, 2.24) is 9.55 Å².